The fraction of sp³-hybridized carbons (Fsp3) is 0.714. The average molecular weight is 357 g/mol. The molecule has 1 aromatic rings. The molecule has 0 radical (unpaired) electrons. The Bertz CT molecular complexity index is 643. The number of carbonyl (C=O) groups is 1. The van der Waals surface area contributed by atoms with Gasteiger partial charge in [-0.1, -0.05) is 19.3 Å². The van der Waals surface area contributed by atoms with E-state index in [0.29, 0.717) is 18.0 Å². The third-order valence-electron chi connectivity index (χ3n) is 6.63. The molecular weight excluding hydrogens is 324 g/mol. The smallest absolute Gasteiger partial charge is 0.257 e. The highest BCUT2D eigenvalue weighted by Gasteiger charge is 2.37. The van der Waals surface area contributed by atoms with Crippen LogP contribution in [-0.2, 0) is 0 Å². The summed E-state index contributed by atoms with van der Waals surface area (Å²) in [5.74, 6) is 1.66. The van der Waals surface area contributed by atoms with E-state index < -0.39 is 0 Å². The first-order valence-corrected chi connectivity index (χ1v) is 10.3. The van der Waals surface area contributed by atoms with Gasteiger partial charge in [-0.2, -0.15) is 0 Å². The molecule has 0 N–H and O–H groups in total. The lowest BCUT2D eigenvalue weighted by Gasteiger charge is -2.38. The number of pyridine rings is 1. The molecule has 4 aliphatic rings. The number of rotatable bonds is 3. The Morgan fingerprint density at radius 3 is 2.73 bits per heavy atom. The molecule has 0 spiro atoms. The van der Waals surface area contributed by atoms with Crippen molar-refractivity contribution in [3.05, 3.63) is 23.9 Å². The highest BCUT2D eigenvalue weighted by atomic mass is 16.2. The molecule has 142 valence electrons. The Morgan fingerprint density at radius 1 is 1.12 bits per heavy atom. The zero-order valence-electron chi connectivity index (χ0n) is 16.2. The van der Waals surface area contributed by atoms with Gasteiger partial charge in [0.1, 0.15) is 5.82 Å². The van der Waals surface area contributed by atoms with Crippen molar-refractivity contribution in [3.8, 4) is 0 Å². The van der Waals surface area contributed by atoms with Gasteiger partial charge in [-0.15, -0.1) is 0 Å². The Hall–Kier alpha value is -1.62. The molecule has 3 aliphatic heterocycles. The first-order chi connectivity index (χ1) is 12.6. The minimum atomic E-state index is 0.181. The molecular formula is C21H32N4O. The maximum Gasteiger partial charge on any atom is 0.257 e. The second-order valence-electron chi connectivity index (χ2n) is 8.55. The van der Waals surface area contributed by atoms with Crippen LogP contribution < -0.4 is 4.90 Å². The molecule has 1 aromatic heterocycles. The molecule has 26 heavy (non-hydrogen) atoms. The predicted octanol–water partition coefficient (Wildman–Crippen LogP) is 3.02. The van der Waals surface area contributed by atoms with Crippen molar-refractivity contribution < 1.29 is 4.79 Å². The van der Waals surface area contributed by atoms with Gasteiger partial charge in [0.15, 0.2) is 0 Å². The second-order valence-corrected chi connectivity index (χ2v) is 8.55. The Balaban J connectivity index is 1.58. The van der Waals surface area contributed by atoms with Crippen molar-refractivity contribution in [2.24, 2.45) is 5.92 Å². The van der Waals surface area contributed by atoms with E-state index in [1.165, 1.54) is 38.5 Å². The topological polar surface area (TPSA) is 39.7 Å². The zero-order valence-corrected chi connectivity index (χ0v) is 16.2. The molecule has 5 heteroatoms. The fourth-order valence-electron chi connectivity index (χ4n) is 5.21. The number of piperidine rings is 1. The third kappa shape index (κ3) is 3.46. The van der Waals surface area contributed by atoms with Crippen LogP contribution in [0.5, 0.6) is 0 Å². The van der Waals surface area contributed by atoms with Crippen LogP contribution in [0.15, 0.2) is 18.3 Å². The van der Waals surface area contributed by atoms with Gasteiger partial charge in [-0.25, -0.2) is 4.98 Å². The molecule has 1 amide bonds. The number of carbonyl (C=O) groups excluding carboxylic acids is 1. The number of hydrogen-bond donors (Lipinski definition) is 0. The van der Waals surface area contributed by atoms with Gasteiger partial charge in [0, 0.05) is 45.0 Å². The van der Waals surface area contributed by atoms with Crippen LogP contribution in [0.3, 0.4) is 0 Å². The van der Waals surface area contributed by atoms with Crippen molar-refractivity contribution in [3.63, 3.8) is 0 Å². The van der Waals surface area contributed by atoms with Gasteiger partial charge < -0.3 is 14.7 Å². The summed E-state index contributed by atoms with van der Waals surface area (Å²) in [6.45, 7) is 3.01. The number of likely N-dealkylation sites (N-methyl/N-ethyl adjacent to an activating group) is 1. The first-order valence-electron chi connectivity index (χ1n) is 10.3. The average Bonchev–Trinajstić information content (AvgIpc) is 2.96. The van der Waals surface area contributed by atoms with Crippen LogP contribution in [0.25, 0.3) is 0 Å². The van der Waals surface area contributed by atoms with E-state index in [-0.39, 0.29) is 5.91 Å². The monoisotopic (exact) mass is 356 g/mol. The summed E-state index contributed by atoms with van der Waals surface area (Å²) in [4.78, 5) is 25.0. The van der Waals surface area contributed by atoms with Gasteiger partial charge in [-0.05, 0) is 50.8 Å². The molecule has 5 rings (SSSR count). The summed E-state index contributed by atoms with van der Waals surface area (Å²) in [7, 11) is 4.31. The summed E-state index contributed by atoms with van der Waals surface area (Å²) in [6, 6.07) is 4.75. The molecule has 2 atom stereocenters. The van der Waals surface area contributed by atoms with Crippen LogP contribution in [0.2, 0.25) is 0 Å². The van der Waals surface area contributed by atoms with E-state index in [9.17, 15) is 4.79 Å². The number of fused-ring (bicyclic) bond motifs is 4. The highest BCUT2D eigenvalue weighted by molar-refractivity contribution is 5.99. The van der Waals surface area contributed by atoms with E-state index in [2.05, 4.69) is 33.8 Å². The Morgan fingerprint density at radius 2 is 1.92 bits per heavy atom. The molecule has 4 fully saturated rings. The van der Waals surface area contributed by atoms with Crippen LogP contribution in [-0.4, -0.2) is 66.5 Å². The maximum atomic E-state index is 13.5. The van der Waals surface area contributed by atoms with E-state index in [0.717, 1.165) is 37.4 Å². The lowest BCUT2D eigenvalue weighted by Crippen LogP contribution is -2.47. The van der Waals surface area contributed by atoms with Crippen LogP contribution >= 0.6 is 0 Å². The predicted molar refractivity (Wildman–Crippen MR) is 105 cm³/mol. The summed E-state index contributed by atoms with van der Waals surface area (Å²) >= 11 is 0. The van der Waals surface area contributed by atoms with E-state index in [1.807, 2.05) is 18.3 Å². The van der Waals surface area contributed by atoms with Gasteiger partial charge in [-0.3, -0.25) is 4.79 Å². The summed E-state index contributed by atoms with van der Waals surface area (Å²) in [5, 5.41) is 0. The normalized spacial score (nSPS) is 27.4. The molecule has 0 aromatic carbocycles. The maximum absolute atomic E-state index is 13.5. The van der Waals surface area contributed by atoms with Crippen molar-refractivity contribution >= 4 is 11.7 Å². The van der Waals surface area contributed by atoms with Gasteiger partial charge in [0.05, 0.1) is 5.56 Å². The lowest BCUT2D eigenvalue weighted by atomic mass is 9.93. The van der Waals surface area contributed by atoms with Crippen LogP contribution in [0.4, 0.5) is 5.82 Å². The standard InChI is InChI=1S/C21H32N4O/c1-23-13-16-10-11-18(15-23)25(14-16)21(26)19-9-6-12-22-20(19)24(2)17-7-4-3-5-8-17/h6,9,12,16-18H,3-5,7-8,10-11,13-15H2,1-2H3/t16-,18+/m1/s1. The third-order valence-corrected chi connectivity index (χ3v) is 6.63. The quantitative estimate of drug-likeness (QED) is 0.835. The molecule has 5 nitrogen and oxygen atoms in total. The molecule has 2 bridgehead atoms. The van der Waals surface area contributed by atoms with E-state index in [4.69, 9.17) is 0 Å². The molecule has 3 saturated heterocycles. The fourth-order valence-corrected chi connectivity index (χ4v) is 5.21. The summed E-state index contributed by atoms with van der Waals surface area (Å²) in [5.41, 5.74) is 0.788. The van der Waals surface area contributed by atoms with Crippen molar-refractivity contribution in [1.82, 2.24) is 14.8 Å². The molecule has 4 heterocycles. The molecule has 1 saturated carbocycles. The van der Waals surface area contributed by atoms with Gasteiger partial charge in [0.2, 0.25) is 0 Å². The summed E-state index contributed by atoms with van der Waals surface area (Å²) < 4.78 is 0. The Kier molecular flexibility index (Phi) is 5.16. The SMILES string of the molecule is CN1C[C@H]2CC[C@@H](C1)N(C(=O)c1cccnc1N(C)C1CCCCC1)C2. The number of aromatic nitrogens is 1. The largest absolute Gasteiger partial charge is 0.356 e. The van der Waals surface area contributed by atoms with E-state index in [1.54, 1.807) is 0 Å². The van der Waals surface area contributed by atoms with Crippen molar-refractivity contribution in [2.75, 3.05) is 38.6 Å². The van der Waals surface area contributed by atoms with E-state index >= 15 is 0 Å². The van der Waals surface area contributed by atoms with Crippen molar-refractivity contribution in [2.45, 2.75) is 57.0 Å². The first kappa shape index (κ1) is 17.8. The number of amides is 1. The van der Waals surface area contributed by atoms with Crippen LogP contribution in [0, 0.1) is 5.92 Å². The minimum absolute atomic E-state index is 0.181. The van der Waals surface area contributed by atoms with Crippen LogP contribution in [0.1, 0.15) is 55.3 Å². The number of anilines is 1. The molecule has 1 aliphatic carbocycles. The van der Waals surface area contributed by atoms with Gasteiger partial charge in [0.25, 0.3) is 5.91 Å². The zero-order chi connectivity index (χ0) is 18.1. The van der Waals surface area contributed by atoms with Gasteiger partial charge >= 0.3 is 0 Å². The summed E-state index contributed by atoms with van der Waals surface area (Å²) in [6.07, 6.45) is 10.5. The number of hydrogen-bond acceptors (Lipinski definition) is 4. The lowest BCUT2D eigenvalue weighted by molar-refractivity contribution is 0.0587. The second kappa shape index (κ2) is 7.55. The highest BCUT2D eigenvalue weighted by Crippen LogP contribution is 2.31. The Labute approximate surface area is 157 Å². The molecule has 0 unspecified atom stereocenters. The van der Waals surface area contributed by atoms with Crippen molar-refractivity contribution in [1.29, 1.82) is 0 Å². The minimum Gasteiger partial charge on any atom is -0.356 e. The number of nitrogens with zero attached hydrogens (tertiary/aromatic N) is 4.